The van der Waals surface area contributed by atoms with Gasteiger partial charge in [0.25, 0.3) is 0 Å². The van der Waals surface area contributed by atoms with Gasteiger partial charge in [-0.25, -0.2) is 0 Å². The van der Waals surface area contributed by atoms with Crippen LogP contribution in [0.4, 0.5) is 0 Å². The molecule has 19 heavy (non-hydrogen) atoms. The van der Waals surface area contributed by atoms with Crippen LogP contribution in [-0.4, -0.2) is 11.6 Å². The summed E-state index contributed by atoms with van der Waals surface area (Å²) in [6.45, 7) is 3.65. The number of nitrogens with zero attached hydrogens (tertiary/aromatic N) is 2. The number of hydrogen-bond donors (Lipinski definition) is 0. The van der Waals surface area contributed by atoms with Gasteiger partial charge in [0.05, 0.1) is 17.5 Å². The van der Waals surface area contributed by atoms with E-state index in [2.05, 4.69) is 0 Å². The lowest BCUT2D eigenvalue weighted by Crippen LogP contribution is -2.16. The highest BCUT2D eigenvalue weighted by Crippen LogP contribution is 2.17. The molecule has 4 heteroatoms. The molecule has 0 amide bonds. The highest BCUT2D eigenvalue weighted by Gasteiger charge is 2.20. The monoisotopic (exact) mass is 254 g/mol. The predicted molar refractivity (Wildman–Crippen MR) is 69.3 cm³/mol. The molecule has 4 nitrogen and oxygen atoms in total. The van der Waals surface area contributed by atoms with Gasteiger partial charge in [0.2, 0.25) is 0 Å². The second-order valence-electron chi connectivity index (χ2n) is 4.33. The van der Waals surface area contributed by atoms with Crippen LogP contribution in [0.2, 0.25) is 0 Å². The molecule has 1 aromatic rings. The molecule has 0 spiro atoms. The van der Waals surface area contributed by atoms with Crippen LogP contribution in [0.25, 0.3) is 0 Å². The minimum Gasteiger partial charge on any atom is -0.299 e. The Morgan fingerprint density at radius 3 is 2.47 bits per heavy atom. The van der Waals surface area contributed by atoms with Gasteiger partial charge in [-0.05, 0) is 18.6 Å². The highest BCUT2D eigenvalue weighted by atomic mass is 16.1. The molecule has 0 fully saturated rings. The van der Waals surface area contributed by atoms with Crippen LogP contribution in [0.3, 0.4) is 0 Å². The molecule has 0 aliphatic rings. The maximum atomic E-state index is 12.0. The van der Waals surface area contributed by atoms with Gasteiger partial charge in [0, 0.05) is 11.5 Å². The molecule has 0 aliphatic heterocycles. The van der Waals surface area contributed by atoms with Gasteiger partial charge in [-0.2, -0.15) is 10.5 Å². The Balaban J connectivity index is 3.06. The first-order valence-corrected chi connectivity index (χ1v) is 6.04. The van der Waals surface area contributed by atoms with Gasteiger partial charge in [-0.3, -0.25) is 9.59 Å². The number of Topliss-reactive ketones (excluding diaryl/α,β-unsaturated/α-hetero) is 2. The van der Waals surface area contributed by atoms with E-state index in [1.54, 1.807) is 13.0 Å². The lowest BCUT2D eigenvalue weighted by molar-refractivity contribution is -0.121. The molecule has 0 aromatic heterocycles. The Kier molecular flexibility index (Phi) is 4.97. The first-order chi connectivity index (χ1) is 9.04. The van der Waals surface area contributed by atoms with Gasteiger partial charge in [-0.15, -0.1) is 0 Å². The van der Waals surface area contributed by atoms with Gasteiger partial charge < -0.3 is 0 Å². The summed E-state index contributed by atoms with van der Waals surface area (Å²) >= 11 is 0. The summed E-state index contributed by atoms with van der Waals surface area (Å²) in [6, 6.07) is 8.23. The fraction of sp³-hybridized carbons (Fsp3) is 0.333. The first kappa shape index (κ1) is 14.6. The molecule has 1 rings (SSSR count). The molecule has 1 atom stereocenters. The average Bonchev–Trinajstić information content (AvgIpc) is 2.44. The predicted octanol–water partition coefficient (Wildman–Crippen LogP) is 2.62. The van der Waals surface area contributed by atoms with Crippen LogP contribution in [-0.2, 0) is 4.79 Å². The second-order valence-corrected chi connectivity index (χ2v) is 4.33. The Morgan fingerprint density at radius 2 is 1.95 bits per heavy atom. The van der Waals surface area contributed by atoms with E-state index in [-0.39, 0.29) is 34.8 Å². The van der Waals surface area contributed by atoms with E-state index >= 15 is 0 Å². The Bertz CT molecular complexity index is 591. The molecular weight excluding hydrogens is 240 g/mol. The van der Waals surface area contributed by atoms with Crippen molar-refractivity contribution in [1.29, 1.82) is 10.5 Å². The summed E-state index contributed by atoms with van der Waals surface area (Å²) in [5.74, 6) is -0.716. The van der Waals surface area contributed by atoms with Crippen molar-refractivity contribution in [2.75, 3.05) is 0 Å². The largest absolute Gasteiger partial charge is 0.299 e. The average molecular weight is 254 g/mol. The third-order valence-electron chi connectivity index (χ3n) is 3.09. The number of hydrogen-bond acceptors (Lipinski definition) is 4. The van der Waals surface area contributed by atoms with Crippen LogP contribution in [0.15, 0.2) is 18.2 Å². The molecule has 0 saturated carbocycles. The van der Waals surface area contributed by atoms with E-state index in [0.717, 1.165) is 0 Å². The van der Waals surface area contributed by atoms with Crippen molar-refractivity contribution in [3.05, 3.63) is 34.9 Å². The molecular formula is C15H14N2O2. The first-order valence-electron chi connectivity index (χ1n) is 6.04. The fourth-order valence-electron chi connectivity index (χ4n) is 1.65. The van der Waals surface area contributed by atoms with Crippen LogP contribution in [0.1, 0.15) is 48.2 Å². The number of rotatable bonds is 5. The van der Waals surface area contributed by atoms with Crippen LogP contribution in [0, 0.1) is 28.6 Å². The Morgan fingerprint density at radius 1 is 1.26 bits per heavy atom. The van der Waals surface area contributed by atoms with E-state index in [1.165, 1.54) is 12.1 Å². The van der Waals surface area contributed by atoms with Gasteiger partial charge in [0.15, 0.2) is 5.78 Å². The standard InChI is InChI=1S/C15H14N2O2/c1-3-10(2)14(18)7-15(19)12-6-4-5-11(8-16)13(12)9-17/h4-6,10H,3,7H2,1-2H3. The van der Waals surface area contributed by atoms with Crippen LogP contribution in [0.5, 0.6) is 0 Å². The zero-order chi connectivity index (χ0) is 14.4. The number of nitriles is 2. The summed E-state index contributed by atoms with van der Waals surface area (Å²) in [7, 11) is 0. The Hall–Kier alpha value is -2.46. The lowest BCUT2D eigenvalue weighted by atomic mass is 9.93. The number of carbonyl (C=O) groups excluding carboxylic acids is 2. The molecule has 0 radical (unpaired) electrons. The Labute approximate surface area is 112 Å². The normalized spacial score (nSPS) is 11.2. The van der Waals surface area contributed by atoms with E-state index in [9.17, 15) is 9.59 Å². The maximum absolute atomic E-state index is 12.0. The zero-order valence-corrected chi connectivity index (χ0v) is 10.9. The molecule has 1 aromatic carbocycles. The third kappa shape index (κ3) is 3.26. The molecule has 1 unspecified atom stereocenters. The van der Waals surface area contributed by atoms with Crippen LogP contribution < -0.4 is 0 Å². The topological polar surface area (TPSA) is 81.7 Å². The second kappa shape index (κ2) is 6.47. The highest BCUT2D eigenvalue weighted by molar-refractivity contribution is 6.09. The summed E-state index contributed by atoms with van der Waals surface area (Å²) in [5.41, 5.74) is 0.356. The number of ketones is 2. The van der Waals surface area contributed by atoms with E-state index in [0.29, 0.717) is 6.42 Å². The van der Waals surface area contributed by atoms with Crippen molar-refractivity contribution in [3.63, 3.8) is 0 Å². The quantitative estimate of drug-likeness (QED) is 0.597. The van der Waals surface area contributed by atoms with Gasteiger partial charge >= 0.3 is 0 Å². The smallest absolute Gasteiger partial charge is 0.171 e. The summed E-state index contributed by atoms with van der Waals surface area (Å²) < 4.78 is 0. The van der Waals surface area contributed by atoms with Crippen molar-refractivity contribution in [1.82, 2.24) is 0 Å². The van der Waals surface area contributed by atoms with Crippen molar-refractivity contribution in [3.8, 4) is 12.1 Å². The summed E-state index contributed by atoms with van der Waals surface area (Å²) in [5, 5.41) is 17.9. The molecule has 0 aliphatic carbocycles. The molecule has 0 heterocycles. The third-order valence-corrected chi connectivity index (χ3v) is 3.09. The van der Waals surface area contributed by atoms with Crippen molar-refractivity contribution in [2.24, 2.45) is 5.92 Å². The zero-order valence-electron chi connectivity index (χ0n) is 10.9. The molecule has 0 N–H and O–H groups in total. The maximum Gasteiger partial charge on any atom is 0.171 e. The fourth-order valence-corrected chi connectivity index (χ4v) is 1.65. The minimum atomic E-state index is -0.404. The van der Waals surface area contributed by atoms with Gasteiger partial charge in [-0.1, -0.05) is 19.9 Å². The van der Waals surface area contributed by atoms with E-state index in [1.807, 2.05) is 19.1 Å². The van der Waals surface area contributed by atoms with Crippen molar-refractivity contribution >= 4 is 11.6 Å². The van der Waals surface area contributed by atoms with Crippen molar-refractivity contribution < 1.29 is 9.59 Å². The van der Waals surface area contributed by atoms with E-state index < -0.39 is 5.78 Å². The molecule has 96 valence electrons. The lowest BCUT2D eigenvalue weighted by Gasteiger charge is -2.08. The van der Waals surface area contributed by atoms with Crippen LogP contribution >= 0.6 is 0 Å². The van der Waals surface area contributed by atoms with Crippen molar-refractivity contribution in [2.45, 2.75) is 26.7 Å². The number of carbonyl (C=O) groups is 2. The molecule has 0 bridgehead atoms. The number of benzene rings is 1. The minimum absolute atomic E-state index is 0.0481. The summed E-state index contributed by atoms with van der Waals surface area (Å²) in [6.07, 6.45) is 0.452. The van der Waals surface area contributed by atoms with E-state index in [4.69, 9.17) is 10.5 Å². The molecule has 0 saturated heterocycles. The summed E-state index contributed by atoms with van der Waals surface area (Å²) in [4.78, 5) is 23.8. The SMILES string of the molecule is CCC(C)C(=O)CC(=O)c1cccc(C#N)c1C#N. The van der Waals surface area contributed by atoms with Gasteiger partial charge in [0.1, 0.15) is 17.9 Å².